The second-order valence-electron chi connectivity index (χ2n) is 7.32. The highest BCUT2D eigenvalue weighted by molar-refractivity contribution is 5.61. The number of carbonyl (C=O) groups is 2. The average molecular weight is 376 g/mol. The second-order valence-corrected chi connectivity index (χ2v) is 7.32. The van der Waals surface area contributed by atoms with Crippen molar-refractivity contribution in [3.05, 3.63) is 24.3 Å². The van der Waals surface area contributed by atoms with Crippen LogP contribution in [0.5, 0.6) is 0 Å². The molecule has 0 atom stereocenters. The normalized spacial score (nSPS) is 10.8. The molecule has 0 saturated heterocycles. The smallest absolute Gasteiger partial charge is 0.430 e. The van der Waals surface area contributed by atoms with Gasteiger partial charge in [-0.05, 0) is 52.7 Å². The summed E-state index contributed by atoms with van der Waals surface area (Å²) < 4.78 is 19.5. The van der Waals surface area contributed by atoms with Crippen molar-refractivity contribution in [3.63, 3.8) is 0 Å². The third-order valence-corrected chi connectivity index (χ3v) is 2.01. The molecule has 0 aliphatic heterocycles. The van der Waals surface area contributed by atoms with Gasteiger partial charge in [-0.3, -0.25) is 0 Å². The van der Waals surface area contributed by atoms with Crippen molar-refractivity contribution in [1.82, 2.24) is 0 Å². The summed E-state index contributed by atoms with van der Waals surface area (Å²) in [5.41, 5.74) is -0.367. The highest BCUT2D eigenvalue weighted by Crippen LogP contribution is 2.10. The molecular formula is C18H32O8. The molecule has 8 heteroatoms. The summed E-state index contributed by atoms with van der Waals surface area (Å²) in [6.07, 6.45) is -1.59. The molecule has 0 saturated carbocycles. The van der Waals surface area contributed by atoms with E-state index < -0.39 is 23.5 Å². The van der Waals surface area contributed by atoms with Crippen LogP contribution in [0, 0.1) is 0 Å². The second kappa shape index (κ2) is 12.3. The lowest BCUT2D eigenvalue weighted by Crippen LogP contribution is -2.26. The Bertz CT molecular complexity index is 429. The van der Waals surface area contributed by atoms with Crippen LogP contribution in [-0.2, 0) is 18.9 Å². The predicted octanol–water partition coefficient (Wildman–Crippen LogP) is 2.97. The number of hydrogen-bond acceptors (Lipinski definition) is 8. The minimum Gasteiger partial charge on any atom is -0.430 e. The molecule has 0 aromatic rings. The van der Waals surface area contributed by atoms with E-state index in [-0.39, 0.29) is 26.4 Å². The van der Waals surface area contributed by atoms with E-state index in [4.69, 9.17) is 29.2 Å². The van der Waals surface area contributed by atoms with Crippen LogP contribution in [0.2, 0.25) is 0 Å². The highest BCUT2D eigenvalue weighted by Gasteiger charge is 2.19. The Balaban J connectivity index is 0. The first-order valence-electron chi connectivity index (χ1n) is 7.96. The summed E-state index contributed by atoms with van der Waals surface area (Å²) in [4.78, 5) is 22.5. The summed E-state index contributed by atoms with van der Waals surface area (Å²) in [6, 6.07) is 0. The van der Waals surface area contributed by atoms with Gasteiger partial charge in [0.25, 0.3) is 0 Å². The van der Waals surface area contributed by atoms with Gasteiger partial charge in [0.05, 0.1) is 13.2 Å². The number of ether oxygens (including phenoxy) is 4. The number of aliphatic hydroxyl groups excluding tert-OH is 2. The summed E-state index contributed by atoms with van der Waals surface area (Å²) in [7, 11) is 0. The molecule has 0 spiro atoms. The van der Waals surface area contributed by atoms with Crippen molar-refractivity contribution in [2.24, 2.45) is 0 Å². The molecule has 152 valence electrons. The molecule has 0 amide bonds. The van der Waals surface area contributed by atoms with Crippen LogP contribution in [0.1, 0.15) is 41.5 Å². The number of aliphatic hydroxyl groups is 2. The Morgan fingerprint density at radius 2 is 1.04 bits per heavy atom. The monoisotopic (exact) mass is 376 g/mol. The Labute approximate surface area is 155 Å². The van der Waals surface area contributed by atoms with Gasteiger partial charge in [0.15, 0.2) is 0 Å². The van der Waals surface area contributed by atoms with Crippen LogP contribution >= 0.6 is 0 Å². The first kappa shape index (κ1) is 26.2. The van der Waals surface area contributed by atoms with E-state index in [0.717, 1.165) is 0 Å². The lowest BCUT2D eigenvalue weighted by atomic mass is 10.2. The molecule has 26 heavy (non-hydrogen) atoms. The zero-order valence-corrected chi connectivity index (χ0v) is 16.6. The van der Waals surface area contributed by atoms with Crippen molar-refractivity contribution in [1.29, 1.82) is 0 Å². The molecule has 0 aliphatic rings. The standard InChI is InChI=1S/C14H24O6.C4H8O2/c1-10(8-17-11(15)19-13(2,3)4)9-18-12(16)20-14(5,6)7;1-4(2-5)3-6/h1,8-9H2,2-7H3;5-6H,1-3H2. The van der Waals surface area contributed by atoms with Gasteiger partial charge >= 0.3 is 12.3 Å². The number of hydrogen-bond donors (Lipinski definition) is 2. The van der Waals surface area contributed by atoms with Crippen LogP contribution in [0.3, 0.4) is 0 Å². The van der Waals surface area contributed by atoms with Crippen LogP contribution < -0.4 is 0 Å². The molecule has 0 radical (unpaired) electrons. The Hall–Kier alpha value is -2.06. The third-order valence-electron chi connectivity index (χ3n) is 2.01. The molecule has 0 aromatic carbocycles. The molecule has 0 heterocycles. The third kappa shape index (κ3) is 20.0. The van der Waals surface area contributed by atoms with Crippen LogP contribution in [0.4, 0.5) is 9.59 Å². The maximum absolute atomic E-state index is 11.3. The van der Waals surface area contributed by atoms with E-state index >= 15 is 0 Å². The van der Waals surface area contributed by atoms with E-state index in [9.17, 15) is 9.59 Å². The lowest BCUT2D eigenvalue weighted by Gasteiger charge is -2.20. The van der Waals surface area contributed by atoms with Gasteiger partial charge in [-0.15, -0.1) is 0 Å². The molecule has 0 aliphatic carbocycles. The first-order valence-corrected chi connectivity index (χ1v) is 7.96. The van der Waals surface area contributed by atoms with Gasteiger partial charge in [-0.1, -0.05) is 13.2 Å². The van der Waals surface area contributed by atoms with Crippen molar-refractivity contribution in [3.8, 4) is 0 Å². The van der Waals surface area contributed by atoms with Gasteiger partial charge < -0.3 is 29.2 Å². The molecule has 0 fully saturated rings. The molecule has 0 rings (SSSR count). The minimum absolute atomic E-state index is 0.0856. The fraction of sp³-hybridized carbons (Fsp3) is 0.667. The Morgan fingerprint density at radius 3 is 1.23 bits per heavy atom. The van der Waals surface area contributed by atoms with Gasteiger partial charge in [-0.25, -0.2) is 9.59 Å². The van der Waals surface area contributed by atoms with E-state index in [1.54, 1.807) is 41.5 Å². The maximum atomic E-state index is 11.3. The Morgan fingerprint density at radius 1 is 0.731 bits per heavy atom. The highest BCUT2D eigenvalue weighted by atomic mass is 16.7. The predicted molar refractivity (Wildman–Crippen MR) is 96.8 cm³/mol. The van der Waals surface area contributed by atoms with Crippen LogP contribution in [0.25, 0.3) is 0 Å². The lowest BCUT2D eigenvalue weighted by molar-refractivity contribution is -0.00964. The SMILES string of the molecule is C=C(CO)CO.C=C(COC(=O)OC(C)(C)C)COC(=O)OC(C)(C)C. The fourth-order valence-electron chi connectivity index (χ4n) is 0.973. The number of carbonyl (C=O) groups excluding carboxylic acids is 2. The van der Waals surface area contributed by atoms with Gasteiger partial charge in [0, 0.05) is 0 Å². The summed E-state index contributed by atoms with van der Waals surface area (Å²) >= 11 is 0. The van der Waals surface area contributed by atoms with Gasteiger partial charge in [-0.2, -0.15) is 0 Å². The first-order chi connectivity index (χ1) is 11.7. The topological polar surface area (TPSA) is 112 Å². The molecule has 8 nitrogen and oxygen atoms in total. The van der Waals surface area contributed by atoms with Crippen molar-refractivity contribution in [2.45, 2.75) is 52.7 Å². The van der Waals surface area contributed by atoms with Crippen LogP contribution in [0.15, 0.2) is 24.3 Å². The molecule has 0 bridgehead atoms. The zero-order valence-electron chi connectivity index (χ0n) is 16.6. The minimum atomic E-state index is -0.795. The zero-order chi connectivity index (χ0) is 21.0. The fourth-order valence-corrected chi connectivity index (χ4v) is 0.973. The summed E-state index contributed by atoms with van der Waals surface area (Å²) in [5, 5.41) is 16.2. The summed E-state index contributed by atoms with van der Waals surface area (Å²) in [6.45, 7) is 16.9. The van der Waals surface area contributed by atoms with Crippen molar-refractivity contribution < 1.29 is 38.7 Å². The average Bonchev–Trinajstić information content (AvgIpc) is 2.47. The summed E-state index contributed by atoms with van der Waals surface area (Å²) in [5.74, 6) is 0. The van der Waals surface area contributed by atoms with Crippen molar-refractivity contribution >= 4 is 12.3 Å². The van der Waals surface area contributed by atoms with E-state index in [0.29, 0.717) is 11.1 Å². The van der Waals surface area contributed by atoms with E-state index in [1.165, 1.54) is 0 Å². The molecule has 0 aromatic heterocycles. The van der Waals surface area contributed by atoms with Gasteiger partial charge in [0.1, 0.15) is 24.4 Å². The van der Waals surface area contributed by atoms with Crippen LogP contribution in [-0.4, -0.2) is 60.2 Å². The molecule has 2 N–H and O–H groups in total. The molecule has 0 unspecified atom stereocenters. The van der Waals surface area contributed by atoms with E-state index in [2.05, 4.69) is 13.2 Å². The quantitative estimate of drug-likeness (QED) is 0.537. The Kier molecular flexibility index (Phi) is 12.4. The van der Waals surface area contributed by atoms with E-state index in [1.807, 2.05) is 0 Å². The number of rotatable bonds is 6. The largest absolute Gasteiger partial charge is 0.509 e. The van der Waals surface area contributed by atoms with Crippen molar-refractivity contribution in [2.75, 3.05) is 26.4 Å². The van der Waals surface area contributed by atoms with Gasteiger partial charge in [0.2, 0.25) is 0 Å². The maximum Gasteiger partial charge on any atom is 0.509 e. The molecular weight excluding hydrogens is 344 g/mol.